The average molecular weight is 240 g/mol. The van der Waals surface area contributed by atoms with Crippen LogP contribution in [0, 0.1) is 5.82 Å². The molecule has 0 bridgehead atoms. The van der Waals surface area contributed by atoms with E-state index in [4.69, 9.17) is 4.74 Å². The second kappa shape index (κ2) is 5.98. The number of hydrogen-bond donors (Lipinski definition) is 0. The number of methoxy groups -OCH3 is 1. The number of carbonyl (C=O) groups is 2. The summed E-state index contributed by atoms with van der Waals surface area (Å²) < 4.78 is 22.6. The molecule has 0 aliphatic carbocycles. The van der Waals surface area contributed by atoms with Crippen molar-refractivity contribution in [3.63, 3.8) is 0 Å². The Morgan fingerprint density at radius 2 is 2.06 bits per heavy atom. The number of ether oxygens (including phenoxy) is 2. The molecular formula is C12H13FO4. The van der Waals surface area contributed by atoms with Crippen LogP contribution in [0.4, 0.5) is 4.39 Å². The van der Waals surface area contributed by atoms with Gasteiger partial charge < -0.3 is 9.47 Å². The summed E-state index contributed by atoms with van der Waals surface area (Å²) in [5.41, 5.74) is 0.0422. The summed E-state index contributed by atoms with van der Waals surface area (Å²) in [6, 6.07) is 3.56. The minimum atomic E-state index is -0.635. The fourth-order valence-corrected chi connectivity index (χ4v) is 1.34. The van der Waals surface area contributed by atoms with Gasteiger partial charge in [-0.1, -0.05) is 0 Å². The zero-order valence-electron chi connectivity index (χ0n) is 9.66. The molecule has 0 unspecified atom stereocenters. The summed E-state index contributed by atoms with van der Waals surface area (Å²) in [5.74, 6) is -1.48. The molecule has 5 heteroatoms. The van der Waals surface area contributed by atoms with Crippen LogP contribution in [0.1, 0.15) is 23.7 Å². The average Bonchev–Trinajstić information content (AvgIpc) is 2.29. The second-order valence-corrected chi connectivity index (χ2v) is 3.25. The Hall–Kier alpha value is -1.91. The Labute approximate surface area is 98.3 Å². The fourth-order valence-electron chi connectivity index (χ4n) is 1.34. The first-order valence-corrected chi connectivity index (χ1v) is 5.10. The van der Waals surface area contributed by atoms with Gasteiger partial charge in [-0.3, -0.25) is 9.59 Å². The number of ketones is 1. The molecule has 92 valence electrons. The molecule has 1 aromatic rings. The van der Waals surface area contributed by atoms with E-state index in [2.05, 4.69) is 4.74 Å². The van der Waals surface area contributed by atoms with E-state index in [1.807, 2.05) is 0 Å². The SMILES string of the molecule is CCOC(=O)CC(=O)c1cc(F)ccc1OC. The third-order valence-electron chi connectivity index (χ3n) is 2.07. The van der Waals surface area contributed by atoms with Crippen molar-refractivity contribution >= 4 is 11.8 Å². The van der Waals surface area contributed by atoms with Crippen LogP contribution in [0.25, 0.3) is 0 Å². The van der Waals surface area contributed by atoms with E-state index in [1.54, 1.807) is 6.92 Å². The van der Waals surface area contributed by atoms with Gasteiger partial charge in [-0.2, -0.15) is 0 Å². The Morgan fingerprint density at radius 1 is 1.35 bits per heavy atom. The summed E-state index contributed by atoms with van der Waals surface area (Å²) in [4.78, 5) is 22.8. The van der Waals surface area contributed by atoms with Gasteiger partial charge in [-0.25, -0.2) is 4.39 Å². The predicted octanol–water partition coefficient (Wildman–Crippen LogP) is 1.97. The maximum absolute atomic E-state index is 13.0. The maximum Gasteiger partial charge on any atom is 0.313 e. The van der Waals surface area contributed by atoms with Crippen molar-refractivity contribution in [1.29, 1.82) is 0 Å². The molecule has 0 aromatic heterocycles. The molecule has 1 aromatic carbocycles. The van der Waals surface area contributed by atoms with Gasteiger partial charge in [0.1, 0.15) is 18.0 Å². The minimum absolute atomic E-state index is 0.0422. The lowest BCUT2D eigenvalue weighted by Gasteiger charge is -2.07. The van der Waals surface area contributed by atoms with E-state index in [-0.39, 0.29) is 17.9 Å². The van der Waals surface area contributed by atoms with Crippen LogP contribution in [-0.2, 0) is 9.53 Å². The van der Waals surface area contributed by atoms with Crippen molar-refractivity contribution in [2.45, 2.75) is 13.3 Å². The number of hydrogen-bond acceptors (Lipinski definition) is 4. The smallest absolute Gasteiger partial charge is 0.313 e. The lowest BCUT2D eigenvalue weighted by atomic mass is 10.1. The van der Waals surface area contributed by atoms with Crippen LogP contribution < -0.4 is 4.74 Å². The van der Waals surface area contributed by atoms with Crippen molar-refractivity contribution in [2.24, 2.45) is 0 Å². The van der Waals surface area contributed by atoms with Crippen molar-refractivity contribution in [1.82, 2.24) is 0 Å². The molecule has 0 heterocycles. The molecule has 0 spiro atoms. The van der Waals surface area contributed by atoms with Crippen LogP contribution >= 0.6 is 0 Å². The highest BCUT2D eigenvalue weighted by atomic mass is 19.1. The van der Waals surface area contributed by atoms with Crippen molar-refractivity contribution in [2.75, 3.05) is 13.7 Å². The summed E-state index contributed by atoms with van der Waals surface area (Å²) in [6.07, 6.45) is -0.423. The lowest BCUT2D eigenvalue weighted by Crippen LogP contribution is -2.12. The van der Waals surface area contributed by atoms with Gasteiger partial charge in [0.2, 0.25) is 0 Å². The number of halogens is 1. The molecule has 1 rings (SSSR count). The van der Waals surface area contributed by atoms with Gasteiger partial charge in [-0.15, -0.1) is 0 Å². The maximum atomic E-state index is 13.0. The number of esters is 1. The monoisotopic (exact) mass is 240 g/mol. The summed E-state index contributed by atoms with van der Waals surface area (Å²) in [6.45, 7) is 1.84. The van der Waals surface area contributed by atoms with E-state index in [1.165, 1.54) is 19.2 Å². The predicted molar refractivity (Wildman–Crippen MR) is 58.5 cm³/mol. The van der Waals surface area contributed by atoms with Gasteiger partial charge in [0.15, 0.2) is 5.78 Å². The standard InChI is InChI=1S/C12H13FO4/c1-3-17-12(15)7-10(14)9-6-8(13)4-5-11(9)16-2/h4-6H,3,7H2,1-2H3. The Bertz CT molecular complexity index is 429. The summed E-state index contributed by atoms with van der Waals surface area (Å²) >= 11 is 0. The first kappa shape index (κ1) is 13.2. The van der Waals surface area contributed by atoms with E-state index < -0.39 is 24.0 Å². The molecular weight excluding hydrogens is 227 g/mol. The summed E-state index contributed by atoms with van der Waals surface area (Å²) in [5, 5.41) is 0. The van der Waals surface area contributed by atoms with Crippen LogP contribution in [0.2, 0.25) is 0 Å². The van der Waals surface area contributed by atoms with Gasteiger partial charge in [0, 0.05) is 0 Å². The largest absolute Gasteiger partial charge is 0.496 e. The Kier molecular flexibility index (Phi) is 4.63. The van der Waals surface area contributed by atoms with E-state index in [0.29, 0.717) is 0 Å². The van der Waals surface area contributed by atoms with Crippen LogP contribution in [0.5, 0.6) is 5.75 Å². The van der Waals surface area contributed by atoms with Crippen molar-refractivity contribution in [3.8, 4) is 5.75 Å². The molecule has 4 nitrogen and oxygen atoms in total. The van der Waals surface area contributed by atoms with Crippen LogP contribution in [0.15, 0.2) is 18.2 Å². The Balaban J connectivity index is 2.87. The zero-order chi connectivity index (χ0) is 12.8. The molecule has 0 radical (unpaired) electrons. The third-order valence-corrected chi connectivity index (χ3v) is 2.07. The van der Waals surface area contributed by atoms with Gasteiger partial charge in [0.25, 0.3) is 0 Å². The van der Waals surface area contributed by atoms with Crippen LogP contribution in [-0.4, -0.2) is 25.5 Å². The first-order chi connectivity index (χ1) is 8.08. The highest BCUT2D eigenvalue weighted by molar-refractivity contribution is 6.07. The topological polar surface area (TPSA) is 52.6 Å². The normalized spacial score (nSPS) is 9.82. The van der Waals surface area contributed by atoms with Crippen molar-refractivity contribution in [3.05, 3.63) is 29.6 Å². The fraction of sp³-hybridized carbons (Fsp3) is 0.333. The quantitative estimate of drug-likeness (QED) is 0.448. The van der Waals surface area contributed by atoms with E-state index in [9.17, 15) is 14.0 Å². The second-order valence-electron chi connectivity index (χ2n) is 3.25. The Morgan fingerprint density at radius 3 is 2.65 bits per heavy atom. The highest BCUT2D eigenvalue weighted by Gasteiger charge is 2.17. The van der Waals surface area contributed by atoms with Gasteiger partial charge in [-0.05, 0) is 25.1 Å². The van der Waals surface area contributed by atoms with E-state index >= 15 is 0 Å². The third kappa shape index (κ3) is 3.55. The molecule has 0 saturated carbocycles. The number of benzene rings is 1. The molecule has 0 atom stereocenters. The molecule has 0 fully saturated rings. The summed E-state index contributed by atoms with van der Waals surface area (Å²) in [7, 11) is 1.37. The number of carbonyl (C=O) groups excluding carboxylic acids is 2. The number of Topliss-reactive ketones (excluding diaryl/α,β-unsaturated/α-hetero) is 1. The molecule has 0 N–H and O–H groups in total. The first-order valence-electron chi connectivity index (χ1n) is 5.10. The zero-order valence-corrected chi connectivity index (χ0v) is 9.66. The molecule has 0 amide bonds. The molecule has 0 saturated heterocycles. The van der Waals surface area contributed by atoms with Crippen LogP contribution in [0.3, 0.4) is 0 Å². The van der Waals surface area contributed by atoms with Gasteiger partial charge >= 0.3 is 5.97 Å². The minimum Gasteiger partial charge on any atom is -0.496 e. The highest BCUT2D eigenvalue weighted by Crippen LogP contribution is 2.20. The van der Waals surface area contributed by atoms with E-state index in [0.717, 1.165) is 6.07 Å². The van der Waals surface area contributed by atoms with Gasteiger partial charge in [0.05, 0.1) is 19.3 Å². The molecule has 0 aliphatic rings. The number of rotatable bonds is 5. The molecule has 0 aliphatic heterocycles. The molecule has 17 heavy (non-hydrogen) atoms. The lowest BCUT2D eigenvalue weighted by molar-refractivity contribution is -0.141. The van der Waals surface area contributed by atoms with Crippen molar-refractivity contribution < 1.29 is 23.5 Å².